The van der Waals surface area contributed by atoms with E-state index in [4.69, 9.17) is 0 Å². The van der Waals surface area contributed by atoms with Gasteiger partial charge in [-0.25, -0.2) is 0 Å². The molecular weight excluding hydrogens is 148 g/mol. The predicted molar refractivity (Wildman–Crippen MR) is 49.7 cm³/mol. The molecule has 1 aromatic rings. The number of nitrogens with one attached hydrogen (secondary N) is 1. The zero-order chi connectivity index (χ0) is 8.39. The summed E-state index contributed by atoms with van der Waals surface area (Å²) in [4.78, 5) is 4.34. The van der Waals surface area contributed by atoms with Crippen LogP contribution < -0.4 is 5.32 Å². The van der Waals surface area contributed by atoms with E-state index < -0.39 is 0 Å². The van der Waals surface area contributed by atoms with Crippen molar-refractivity contribution < 1.29 is 0 Å². The Bertz CT molecular complexity index is 305. The van der Waals surface area contributed by atoms with Gasteiger partial charge >= 0.3 is 0 Å². The van der Waals surface area contributed by atoms with Crippen molar-refractivity contribution in [2.75, 3.05) is 6.54 Å². The van der Waals surface area contributed by atoms with E-state index in [-0.39, 0.29) is 0 Å². The molecule has 2 nitrogen and oxygen atoms in total. The molecule has 0 spiro atoms. The minimum Gasteiger partial charge on any atom is -0.312 e. The lowest BCUT2D eigenvalue weighted by Gasteiger charge is -2.17. The first-order valence-electron chi connectivity index (χ1n) is 4.21. The number of pyridine rings is 1. The van der Waals surface area contributed by atoms with Crippen molar-refractivity contribution in [2.24, 2.45) is 0 Å². The van der Waals surface area contributed by atoms with E-state index in [0.29, 0.717) is 0 Å². The van der Waals surface area contributed by atoms with E-state index in [0.717, 1.165) is 19.5 Å². The Hall–Kier alpha value is -1.15. The van der Waals surface area contributed by atoms with Crippen LogP contribution in [0.15, 0.2) is 18.8 Å². The fourth-order valence-electron chi connectivity index (χ4n) is 1.58. The highest BCUT2D eigenvalue weighted by Crippen LogP contribution is 2.16. The standard InChI is InChI=1S/C10H12N2/c1-2-8-3-6-12-10-4-5-11-7-9(8)10/h2-3,6,11H,1,4-5,7H2. The lowest BCUT2D eigenvalue weighted by molar-refractivity contribution is 0.629. The minimum absolute atomic E-state index is 0.935. The molecule has 0 radical (unpaired) electrons. The van der Waals surface area contributed by atoms with Crippen LogP contribution >= 0.6 is 0 Å². The van der Waals surface area contributed by atoms with E-state index in [1.54, 1.807) is 0 Å². The molecular formula is C10H12N2. The molecule has 1 N–H and O–H groups in total. The highest BCUT2D eigenvalue weighted by atomic mass is 14.9. The minimum atomic E-state index is 0.935. The van der Waals surface area contributed by atoms with Gasteiger partial charge in [0.1, 0.15) is 0 Å². The van der Waals surface area contributed by atoms with Gasteiger partial charge in [0, 0.05) is 31.4 Å². The fraction of sp³-hybridized carbons (Fsp3) is 0.300. The van der Waals surface area contributed by atoms with Gasteiger partial charge in [-0.05, 0) is 17.2 Å². The van der Waals surface area contributed by atoms with Crippen molar-refractivity contribution in [3.8, 4) is 0 Å². The van der Waals surface area contributed by atoms with Gasteiger partial charge in [-0.1, -0.05) is 12.7 Å². The van der Waals surface area contributed by atoms with Gasteiger partial charge in [-0.3, -0.25) is 4.98 Å². The zero-order valence-corrected chi connectivity index (χ0v) is 7.01. The average molecular weight is 160 g/mol. The molecule has 1 aliphatic heterocycles. The van der Waals surface area contributed by atoms with Crippen molar-refractivity contribution >= 4 is 6.08 Å². The van der Waals surface area contributed by atoms with Crippen LogP contribution in [0, 0.1) is 0 Å². The third-order valence-electron chi connectivity index (χ3n) is 2.24. The predicted octanol–water partition coefficient (Wildman–Crippen LogP) is 1.37. The number of hydrogen-bond acceptors (Lipinski definition) is 2. The van der Waals surface area contributed by atoms with Crippen molar-refractivity contribution in [2.45, 2.75) is 13.0 Å². The summed E-state index contributed by atoms with van der Waals surface area (Å²) in [6, 6.07) is 2.01. The van der Waals surface area contributed by atoms with Gasteiger partial charge < -0.3 is 5.32 Å². The Kier molecular flexibility index (Phi) is 1.92. The molecule has 62 valence electrons. The molecule has 0 unspecified atom stereocenters. The monoisotopic (exact) mass is 160 g/mol. The van der Waals surface area contributed by atoms with Crippen LogP contribution in [0.3, 0.4) is 0 Å². The second-order valence-electron chi connectivity index (χ2n) is 2.96. The van der Waals surface area contributed by atoms with E-state index in [1.807, 2.05) is 18.3 Å². The first-order valence-corrected chi connectivity index (χ1v) is 4.21. The molecule has 12 heavy (non-hydrogen) atoms. The van der Waals surface area contributed by atoms with Crippen LogP contribution in [-0.4, -0.2) is 11.5 Å². The van der Waals surface area contributed by atoms with Crippen molar-refractivity contribution in [1.82, 2.24) is 10.3 Å². The zero-order valence-electron chi connectivity index (χ0n) is 7.01. The van der Waals surface area contributed by atoms with Gasteiger partial charge in [0.15, 0.2) is 0 Å². The maximum atomic E-state index is 4.34. The van der Waals surface area contributed by atoms with Crippen LogP contribution in [0.25, 0.3) is 6.08 Å². The largest absolute Gasteiger partial charge is 0.312 e. The number of aromatic nitrogens is 1. The molecule has 1 aliphatic rings. The maximum absolute atomic E-state index is 4.34. The second kappa shape index (κ2) is 3.07. The van der Waals surface area contributed by atoms with Crippen LogP contribution in [0.5, 0.6) is 0 Å². The molecule has 0 saturated heterocycles. The third-order valence-corrected chi connectivity index (χ3v) is 2.24. The van der Waals surface area contributed by atoms with Crippen LogP contribution in [0.4, 0.5) is 0 Å². The summed E-state index contributed by atoms with van der Waals surface area (Å²) < 4.78 is 0. The van der Waals surface area contributed by atoms with Gasteiger partial charge in [0.05, 0.1) is 0 Å². The Morgan fingerprint density at radius 1 is 1.58 bits per heavy atom. The van der Waals surface area contributed by atoms with Crippen molar-refractivity contribution in [3.05, 3.63) is 35.7 Å². The summed E-state index contributed by atoms with van der Waals surface area (Å²) in [5.74, 6) is 0. The Morgan fingerprint density at radius 2 is 2.50 bits per heavy atom. The first kappa shape index (κ1) is 7.50. The molecule has 0 amide bonds. The van der Waals surface area contributed by atoms with Crippen molar-refractivity contribution in [3.63, 3.8) is 0 Å². The summed E-state index contributed by atoms with van der Waals surface area (Å²) in [6.45, 7) is 5.76. The summed E-state index contributed by atoms with van der Waals surface area (Å²) in [6.07, 6.45) is 4.80. The highest BCUT2D eigenvalue weighted by Gasteiger charge is 2.11. The Balaban J connectivity index is 2.51. The van der Waals surface area contributed by atoms with E-state index >= 15 is 0 Å². The average Bonchev–Trinajstić information content (AvgIpc) is 2.17. The molecule has 2 heteroatoms. The molecule has 0 bridgehead atoms. The molecule has 0 saturated carbocycles. The smallest absolute Gasteiger partial charge is 0.0467 e. The SMILES string of the molecule is C=Cc1ccnc2c1CNCC2. The summed E-state index contributed by atoms with van der Waals surface area (Å²) >= 11 is 0. The number of rotatable bonds is 1. The summed E-state index contributed by atoms with van der Waals surface area (Å²) in [5, 5.41) is 3.33. The van der Waals surface area contributed by atoms with E-state index in [9.17, 15) is 0 Å². The number of fused-ring (bicyclic) bond motifs is 1. The normalized spacial score (nSPS) is 15.3. The van der Waals surface area contributed by atoms with Crippen molar-refractivity contribution in [1.29, 1.82) is 0 Å². The third kappa shape index (κ3) is 1.14. The lowest BCUT2D eigenvalue weighted by Crippen LogP contribution is -2.25. The molecule has 0 atom stereocenters. The van der Waals surface area contributed by atoms with E-state index in [1.165, 1.54) is 16.8 Å². The summed E-state index contributed by atoms with van der Waals surface area (Å²) in [7, 11) is 0. The van der Waals surface area contributed by atoms with Crippen LogP contribution in [-0.2, 0) is 13.0 Å². The molecule has 2 heterocycles. The van der Waals surface area contributed by atoms with Gasteiger partial charge in [-0.15, -0.1) is 0 Å². The maximum Gasteiger partial charge on any atom is 0.0467 e. The first-order chi connectivity index (χ1) is 5.92. The number of hydrogen-bond donors (Lipinski definition) is 1. The molecule has 0 fully saturated rings. The Labute approximate surface area is 72.3 Å². The topological polar surface area (TPSA) is 24.9 Å². The van der Waals surface area contributed by atoms with Gasteiger partial charge in [0.2, 0.25) is 0 Å². The second-order valence-corrected chi connectivity index (χ2v) is 2.96. The number of nitrogens with zero attached hydrogens (tertiary/aromatic N) is 1. The molecule has 1 aromatic heterocycles. The lowest BCUT2D eigenvalue weighted by atomic mass is 10.0. The van der Waals surface area contributed by atoms with Crippen LogP contribution in [0.2, 0.25) is 0 Å². The molecule has 0 aliphatic carbocycles. The fourth-order valence-corrected chi connectivity index (χ4v) is 1.58. The van der Waals surface area contributed by atoms with E-state index in [2.05, 4.69) is 16.9 Å². The molecule has 0 aromatic carbocycles. The Morgan fingerprint density at radius 3 is 3.33 bits per heavy atom. The molecule has 2 rings (SSSR count). The van der Waals surface area contributed by atoms with Gasteiger partial charge in [0.25, 0.3) is 0 Å². The summed E-state index contributed by atoms with van der Waals surface area (Å²) in [5.41, 5.74) is 3.76. The van der Waals surface area contributed by atoms with Crippen LogP contribution in [0.1, 0.15) is 16.8 Å². The van der Waals surface area contributed by atoms with Gasteiger partial charge in [-0.2, -0.15) is 0 Å². The quantitative estimate of drug-likeness (QED) is 0.671. The highest BCUT2D eigenvalue weighted by molar-refractivity contribution is 5.53.